The first-order valence-electron chi connectivity index (χ1n) is 13.4. The van der Waals surface area contributed by atoms with Crippen LogP contribution < -0.4 is 23.7 Å². The van der Waals surface area contributed by atoms with Gasteiger partial charge in [0.15, 0.2) is 0 Å². The van der Waals surface area contributed by atoms with Crippen molar-refractivity contribution < 1.29 is 33.0 Å². The second-order valence-electron chi connectivity index (χ2n) is 9.05. The van der Waals surface area contributed by atoms with Crippen molar-refractivity contribution in [2.24, 2.45) is 0 Å². The second-order valence-corrected chi connectivity index (χ2v) is 10.7. The van der Waals surface area contributed by atoms with Crippen LogP contribution in [0.4, 0.5) is 0 Å². The third-order valence-electron chi connectivity index (χ3n) is 6.01. The van der Waals surface area contributed by atoms with Gasteiger partial charge < -0.3 is 23.7 Å². The average molecular weight is 592 g/mol. The topological polar surface area (TPSA) is 80.3 Å². The Morgan fingerprint density at radius 1 is 0.488 bits per heavy atom. The molecule has 0 fully saturated rings. The van der Waals surface area contributed by atoms with Crippen LogP contribution in [0.3, 0.4) is 0 Å². The fourth-order valence-corrected chi connectivity index (χ4v) is 5.28. The molecule has 1 unspecified atom stereocenters. The third-order valence-corrected chi connectivity index (χ3v) is 7.59. The number of ether oxygens (including phenoxy) is 5. The van der Waals surface area contributed by atoms with E-state index in [9.17, 15) is 9.36 Å². The molecule has 0 aliphatic carbocycles. The number of hydrogen-bond acceptors (Lipinski definition) is 7. The predicted molar refractivity (Wildman–Crippen MR) is 164 cm³/mol. The molecule has 0 saturated heterocycles. The van der Waals surface area contributed by atoms with Crippen LogP contribution in [0.25, 0.3) is 0 Å². The minimum Gasteiger partial charge on any atom is -0.411 e. The molecule has 0 aliphatic heterocycles. The highest BCUT2D eigenvalue weighted by molar-refractivity contribution is 7.65. The van der Waals surface area contributed by atoms with Gasteiger partial charge in [-0.3, -0.25) is 0 Å². The van der Waals surface area contributed by atoms with Crippen LogP contribution in [0.15, 0.2) is 164 Å². The smallest absolute Gasteiger partial charge is 0.411 e. The Bertz CT molecular complexity index is 1490. The largest absolute Gasteiger partial charge is 0.588 e. The standard InChI is InChI=1S/C35H28O7P/c1-2-33(36)43(37)35(41-31-24-14-6-15-25-31,42-32-26-16-7-17-27-32)34(38-28-18-8-3-9-19-28,39-29-20-10-4-11-21-29)40-30-22-12-5-13-23-30/h2-27H,1H2/q+1. The Morgan fingerprint density at radius 2 is 0.744 bits per heavy atom. The van der Waals surface area contributed by atoms with Gasteiger partial charge in [-0.2, -0.15) is 0 Å². The maximum absolute atomic E-state index is 14.7. The Kier molecular flexibility index (Phi) is 9.15. The van der Waals surface area contributed by atoms with Crippen molar-refractivity contribution in [1.29, 1.82) is 0 Å². The van der Waals surface area contributed by atoms with Crippen LogP contribution >= 0.6 is 7.80 Å². The first-order chi connectivity index (χ1) is 21.0. The van der Waals surface area contributed by atoms with Gasteiger partial charge in [-0.1, -0.05) is 102 Å². The fourth-order valence-electron chi connectivity index (χ4n) is 4.06. The summed E-state index contributed by atoms with van der Waals surface area (Å²) >= 11 is 0. The molecule has 0 radical (unpaired) electrons. The second kappa shape index (κ2) is 13.5. The summed E-state index contributed by atoms with van der Waals surface area (Å²) in [7, 11) is -3.24. The molecule has 5 aromatic carbocycles. The molecular formula is C35H28O7P+. The van der Waals surface area contributed by atoms with Crippen molar-refractivity contribution in [3.63, 3.8) is 0 Å². The zero-order valence-corrected chi connectivity index (χ0v) is 23.9. The minimum atomic E-state index is -3.24. The quantitative estimate of drug-likeness (QED) is 0.0731. The van der Waals surface area contributed by atoms with Gasteiger partial charge in [-0.05, 0) is 60.7 Å². The van der Waals surface area contributed by atoms with Gasteiger partial charge in [0.1, 0.15) is 28.7 Å². The van der Waals surface area contributed by atoms with E-state index in [1.54, 1.807) is 152 Å². The van der Waals surface area contributed by atoms with Crippen LogP contribution in [0.5, 0.6) is 28.7 Å². The zero-order chi connectivity index (χ0) is 30.0. The normalized spacial score (nSPS) is 11.5. The predicted octanol–water partition coefficient (Wildman–Crippen LogP) is 8.23. The summed E-state index contributed by atoms with van der Waals surface area (Å²) in [5, 5.41) is 0. The molecule has 0 aromatic heterocycles. The van der Waals surface area contributed by atoms with Gasteiger partial charge in [0.25, 0.3) is 0 Å². The summed E-state index contributed by atoms with van der Waals surface area (Å²) in [6, 6.07) is 42.9. The lowest BCUT2D eigenvalue weighted by Gasteiger charge is -2.39. The Labute approximate surface area is 250 Å². The van der Waals surface area contributed by atoms with Crippen LogP contribution in [0.1, 0.15) is 0 Å². The van der Waals surface area contributed by atoms with Crippen LogP contribution in [0, 0.1) is 0 Å². The lowest BCUT2D eigenvalue weighted by molar-refractivity contribution is -0.353. The van der Waals surface area contributed by atoms with E-state index in [1.165, 1.54) is 0 Å². The molecule has 7 nitrogen and oxygen atoms in total. The minimum absolute atomic E-state index is 0.202. The maximum Gasteiger partial charge on any atom is 0.588 e. The molecular weight excluding hydrogens is 563 g/mol. The summed E-state index contributed by atoms with van der Waals surface area (Å²) in [5.41, 5.74) is -3.49. The van der Waals surface area contributed by atoms with Gasteiger partial charge in [0, 0.05) is 6.08 Å². The Balaban J connectivity index is 1.85. The molecule has 43 heavy (non-hydrogen) atoms. The van der Waals surface area contributed by atoms with E-state index in [1.807, 2.05) is 0 Å². The van der Waals surface area contributed by atoms with E-state index in [-0.39, 0.29) is 28.7 Å². The molecule has 0 amide bonds. The van der Waals surface area contributed by atoms with Crippen molar-refractivity contribution in [3.05, 3.63) is 164 Å². The fraction of sp³-hybridized carbons (Fsp3) is 0.0571. The van der Waals surface area contributed by atoms with Gasteiger partial charge >= 0.3 is 24.8 Å². The number of hydrogen-bond donors (Lipinski definition) is 0. The SMILES string of the molecule is C=CC(=O)[P+](=O)C(Oc1ccccc1)(Oc1ccccc1)C(Oc1ccccc1)(Oc1ccccc1)Oc1ccccc1. The molecule has 0 saturated carbocycles. The Morgan fingerprint density at radius 3 is 1.00 bits per heavy atom. The highest BCUT2D eigenvalue weighted by Crippen LogP contribution is 2.52. The molecule has 0 aliphatic rings. The molecule has 0 spiro atoms. The van der Waals surface area contributed by atoms with Crippen molar-refractivity contribution in [2.75, 3.05) is 0 Å². The number of carbonyl (C=O) groups excluding carboxylic acids is 1. The first kappa shape index (κ1) is 29.1. The summed E-state index contributed by atoms with van der Waals surface area (Å²) in [6.07, 6.45) is 0.939. The monoisotopic (exact) mass is 591 g/mol. The molecule has 1 atom stereocenters. The van der Waals surface area contributed by atoms with Crippen molar-refractivity contribution in [1.82, 2.24) is 0 Å². The maximum atomic E-state index is 14.7. The van der Waals surface area contributed by atoms with E-state index in [0.29, 0.717) is 0 Å². The number of allylic oxidation sites excluding steroid dienone is 1. The lowest BCUT2D eigenvalue weighted by Crippen LogP contribution is -2.69. The van der Waals surface area contributed by atoms with Crippen molar-refractivity contribution in [3.8, 4) is 28.7 Å². The molecule has 214 valence electrons. The summed E-state index contributed by atoms with van der Waals surface area (Å²) in [5.74, 6) is -1.40. The molecule has 0 N–H and O–H groups in total. The number of carbonyl (C=O) groups is 1. The van der Waals surface area contributed by atoms with Crippen LogP contribution in [0.2, 0.25) is 0 Å². The summed E-state index contributed by atoms with van der Waals surface area (Å²) < 4.78 is 47.4. The number of para-hydroxylation sites is 5. The van der Waals surface area contributed by atoms with Gasteiger partial charge in [-0.25, -0.2) is 4.79 Å². The van der Waals surface area contributed by atoms with Gasteiger partial charge in [-0.15, -0.1) is 0 Å². The third kappa shape index (κ3) is 6.75. The van der Waals surface area contributed by atoms with E-state index >= 15 is 0 Å². The van der Waals surface area contributed by atoms with E-state index in [2.05, 4.69) is 6.58 Å². The number of rotatable bonds is 14. The lowest BCUT2D eigenvalue weighted by atomic mass is 10.3. The van der Waals surface area contributed by atoms with Crippen LogP contribution in [-0.2, 0) is 9.36 Å². The molecule has 0 heterocycles. The van der Waals surface area contributed by atoms with Crippen molar-refractivity contribution >= 4 is 13.3 Å². The van der Waals surface area contributed by atoms with E-state index < -0.39 is 24.8 Å². The molecule has 8 heteroatoms. The summed E-state index contributed by atoms with van der Waals surface area (Å²) in [4.78, 5) is 13.4. The molecule has 0 bridgehead atoms. The highest BCUT2D eigenvalue weighted by Gasteiger charge is 2.82. The molecule has 5 aromatic rings. The van der Waals surface area contributed by atoms with E-state index in [4.69, 9.17) is 23.7 Å². The van der Waals surface area contributed by atoms with E-state index in [0.717, 1.165) is 6.08 Å². The first-order valence-corrected chi connectivity index (χ1v) is 14.6. The van der Waals surface area contributed by atoms with Gasteiger partial charge in [0.05, 0.1) is 0 Å². The number of benzene rings is 5. The van der Waals surface area contributed by atoms with Gasteiger partial charge in [0.2, 0.25) is 0 Å². The molecule has 5 rings (SSSR count). The van der Waals surface area contributed by atoms with Crippen LogP contribution in [-0.4, -0.2) is 17.0 Å². The zero-order valence-electron chi connectivity index (χ0n) is 23.0. The van der Waals surface area contributed by atoms with Crippen molar-refractivity contribution in [2.45, 2.75) is 11.5 Å². The average Bonchev–Trinajstić information content (AvgIpc) is 3.06. The summed E-state index contributed by atoms with van der Waals surface area (Å²) in [6.45, 7) is 3.58. The highest BCUT2D eigenvalue weighted by atomic mass is 31.1. The Hall–Kier alpha value is -5.39.